The molecule has 4 nitrogen and oxygen atoms in total. The van der Waals surface area contributed by atoms with Gasteiger partial charge in [-0.3, -0.25) is 0 Å². The van der Waals surface area contributed by atoms with Crippen molar-refractivity contribution in [1.82, 2.24) is 5.32 Å². The molecule has 0 aliphatic rings. The first kappa shape index (κ1) is 15.3. The molecule has 1 aromatic carbocycles. The van der Waals surface area contributed by atoms with Crippen LogP contribution in [0.1, 0.15) is 25.3 Å². The third kappa shape index (κ3) is 4.15. The minimum atomic E-state index is 0.159. The van der Waals surface area contributed by atoms with Crippen molar-refractivity contribution in [3.63, 3.8) is 0 Å². The number of hydrogen-bond acceptors (Lipinski definition) is 4. The molecule has 1 rings (SSSR count). The Morgan fingerprint density at radius 1 is 1.44 bits per heavy atom. The highest BCUT2D eigenvalue weighted by atomic mass is 79.9. The molecule has 0 amide bonds. The topological polar surface area (TPSA) is 61.7 Å². The molecule has 0 heterocycles. The Bertz CT molecular complexity index is 385. The van der Waals surface area contributed by atoms with E-state index in [2.05, 4.69) is 28.2 Å². The van der Waals surface area contributed by atoms with Gasteiger partial charge in [-0.1, -0.05) is 22.9 Å². The second-order valence-electron chi connectivity index (χ2n) is 4.11. The van der Waals surface area contributed by atoms with Gasteiger partial charge in [0.2, 0.25) is 0 Å². The number of nitrogens with one attached hydrogen (secondary N) is 1. The monoisotopic (exact) mass is 317 g/mol. The highest BCUT2D eigenvalue weighted by molar-refractivity contribution is 9.10. The van der Waals surface area contributed by atoms with Crippen molar-refractivity contribution in [2.24, 2.45) is 0 Å². The molecule has 0 spiro atoms. The number of ether oxygens (including phenoxy) is 1. The van der Waals surface area contributed by atoms with Crippen LogP contribution in [-0.4, -0.2) is 30.0 Å². The number of aromatic hydroxyl groups is 1. The van der Waals surface area contributed by atoms with Crippen LogP contribution in [0.5, 0.6) is 11.5 Å². The quantitative estimate of drug-likeness (QED) is 0.722. The van der Waals surface area contributed by atoms with Crippen LogP contribution in [0.4, 0.5) is 0 Å². The number of hydrogen-bond donors (Lipinski definition) is 3. The van der Waals surface area contributed by atoms with Crippen molar-refractivity contribution in [3.8, 4) is 11.5 Å². The highest BCUT2D eigenvalue weighted by Gasteiger charge is 2.11. The van der Waals surface area contributed by atoms with E-state index < -0.39 is 0 Å². The minimum Gasteiger partial charge on any atom is -0.504 e. The van der Waals surface area contributed by atoms with Crippen LogP contribution in [0, 0.1) is 0 Å². The summed E-state index contributed by atoms with van der Waals surface area (Å²) in [5, 5.41) is 22.2. The molecule has 0 aliphatic heterocycles. The van der Waals surface area contributed by atoms with Gasteiger partial charge in [0, 0.05) is 29.2 Å². The summed E-state index contributed by atoms with van der Waals surface area (Å²) in [6.45, 7) is 2.77. The van der Waals surface area contributed by atoms with E-state index in [0.717, 1.165) is 16.5 Å². The maximum absolute atomic E-state index is 9.99. The van der Waals surface area contributed by atoms with Gasteiger partial charge in [0.15, 0.2) is 11.5 Å². The predicted octanol–water partition coefficient (Wildman–Crippen LogP) is 2.41. The molecular formula is C13H20BrNO3. The molecule has 5 heteroatoms. The van der Waals surface area contributed by atoms with Crippen molar-refractivity contribution in [2.45, 2.75) is 32.4 Å². The van der Waals surface area contributed by atoms with Crippen molar-refractivity contribution in [1.29, 1.82) is 0 Å². The standard InChI is InChI=1S/C13H20BrNO3/c1-3-11(4-5-16)15-8-9-6-10(14)7-12(18-2)13(9)17/h6-7,11,15-17H,3-5,8H2,1-2H3. The van der Waals surface area contributed by atoms with Crippen molar-refractivity contribution >= 4 is 15.9 Å². The smallest absolute Gasteiger partial charge is 0.162 e. The summed E-state index contributed by atoms with van der Waals surface area (Å²) in [7, 11) is 1.53. The van der Waals surface area contributed by atoms with Crippen LogP contribution in [0.15, 0.2) is 16.6 Å². The van der Waals surface area contributed by atoms with E-state index in [-0.39, 0.29) is 18.4 Å². The van der Waals surface area contributed by atoms with Crippen molar-refractivity contribution in [3.05, 3.63) is 22.2 Å². The molecule has 1 atom stereocenters. The van der Waals surface area contributed by atoms with Crippen LogP contribution in [0.25, 0.3) is 0 Å². The van der Waals surface area contributed by atoms with Gasteiger partial charge in [-0.2, -0.15) is 0 Å². The van der Waals surface area contributed by atoms with Gasteiger partial charge in [0.05, 0.1) is 7.11 Å². The molecule has 1 aromatic rings. The normalized spacial score (nSPS) is 12.4. The fourth-order valence-electron chi connectivity index (χ4n) is 1.78. The Balaban J connectivity index is 2.74. The fourth-order valence-corrected chi connectivity index (χ4v) is 2.26. The Morgan fingerprint density at radius 2 is 2.17 bits per heavy atom. The Hall–Kier alpha value is -0.780. The number of methoxy groups -OCH3 is 1. The molecule has 0 radical (unpaired) electrons. The summed E-state index contributed by atoms with van der Waals surface area (Å²) < 4.78 is 5.96. The van der Waals surface area contributed by atoms with E-state index in [9.17, 15) is 5.11 Å². The molecule has 18 heavy (non-hydrogen) atoms. The van der Waals surface area contributed by atoms with Gasteiger partial charge in [-0.15, -0.1) is 0 Å². The first-order valence-electron chi connectivity index (χ1n) is 6.02. The van der Waals surface area contributed by atoms with Crippen LogP contribution >= 0.6 is 15.9 Å². The molecule has 0 aliphatic carbocycles. The van der Waals surface area contributed by atoms with E-state index >= 15 is 0 Å². The lowest BCUT2D eigenvalue weighted by Crippen LogP contribution is -2.28. The molecule has 0 saturated carbocycles. The SMILES string of the molecule is CCC(CCO)NCc1cc(Br)cc(OC)c1O. The summed E-state index contributed by atoms with van der Waals surface area (Å²) in [5.41, 5.74) is 0.776. The molecule has 102 valence electrons. The maximum atomic E-state index is 9.99. The summed E-state index contributed by atoms with van der Waals surface area (Å²) in [6.07, 6.45) is 1.65. The Labute approximate surface area is 116 Å². The third-order valence-electron chi connectivity index (χ3n) is 2.89. The number of aliphatic hydroxyl groups is 1. The molecule has 3 N–H and O–H groups in total. The van der Waals surface area contributed by atoms with E-state index in [4.69, 9.17) is 9.84 Å². The number of phenols is 1. The largest absolute Gasteiger partial charge is 0.504 e. The summed E-state index contributed by atoms with van der Waals surface area (Å²) >= 11 is 3.38. The van der Waals surface area contributed by atoms with Gasteiger partial charge in [0.1, 0.15) is 0 Å². The van der Waals surface area contributed by atoms with Gasteiger partial charge < -0.3 is 20.3 Å². The van der Waals surface area contributed by atoms with E-state index in [1.807, 2.05) is 6.07 Å². The number of benzene rings is 1. The van der Waals surface area contributed by atoms with Crippen molar-refractivity contribution < 1.29 is 14.9 Å². The maximum Gasteiger partial charge on any atom is 0.162 e. The molecule has 0 aromatic heterocycles. The lowest BCUT2D eigenvalue weighted by molar-refractivity contribution is 0.261. The van der Waals surface area contributed by atoms with Gasteiger partial charge in [-0.25, -0.2) is 0 Å². The van der Waals surface area contributed by atoms with E-state index in [1.165, 1.54) is 7.11 Å². The van der Waals surface area contributed by atoms with Gasteiger partial charge in [-0.05, 0) is 25.0 Å². The van der Waals surface area contributed by atoms with Gasteiger partial charge >= 0.3 is 0 Å². The minimum absolute atomic E-state index is 0.159. The number of halogens is 1. The average molecular weight is 318 g/mol. The number of aliphatic hydroxyl groups excluding tert-OH is 1. The highest BCUT2D eigenvalue weighted by Crippen LogP contribution is 2.33. The summed E-state index contributed by atoms with van der Waals surface area (Å²) in [5.74, 6) is 0.614. The molecule has 0 saturated heterocycles. The van der Waals surface area contributed by atoms with Crippen molar-refractivity contribution in [2.75, 3.05) is 13.7 Å². The van der Waals surface area contributed by atoms with Crippen LogP contribution in [0.2, 0.25) is 0 Å². The Kier molecular flexibility index (Phi) is 6.46. The fraction of sp³-hybridized carbons (Fsp3) is 0.538. The second-order valence-corrected chi connectivity index (χ2v) is 5.03. The van der Waals surface area contributed by atoms with E-state index in [0.29, 0.717) is 18.7 Å². The second kappa shape index (κ2) is 7.61. The molecule has 0 fully saturated rings. The number of phenolic OH excluding ortho intramolecular Hbond substituents is 1. The molecule has 0 bridgehead atoms. The number of rotatable bonds is 7. The van der Waals surface area contributed by atoms with E-state index in [1.54, 1.807) is 6.07 Å². The summed E-state index contributed by atoms with van der Waals surface area (Å²) in [6, 6.07) is 3.83. The van der Waals surface area contributed by atoms with Crippen LogP contribution in [-0.2, 0) is 6.54 Å². The predicted molar refractivity (Wildman–Crippen MR) is 75.0 cm³/mol. The third-order valence-corrected chi connectivity index (χ3v) is 3.35. The van der Waals surface area contributed by atoms with Crippen LogP contribution < -0.4 is 10.1 Å². The Morgan fingerprint density at radius 3 is 2.72 bits per heavy atom. The lowest BCUT2D eigenvalue weighted by atomic mass is 10.1. The zero-order valence-electron chi connectivity index (χ0n) is 10.7. The summed E-state index contributed by atoms with van der Waals surface area (Å²) in [4.78, 5) is 0. The zero-order chi connectivity index (χ0) is 13.5. The first-order valence-corrected chi connectivity index (χ1v) is 6.81. The van der Waals surface area contributed by atoms with Crippen LogP contribution in [0.3, 0.4) is 0 Å². The van der Waals surface area contributed by atoms with Gasteiger partial charge in [0.25, 0.3) is 0 Å². The first-order chi connectivity index (χ1) is 8.62. The molecular weight excluding hydrogens is 298 g/mol. The average Bonchev–Trinajstić information content (AvgIpc) is 2.37. The zero-order valence-corrected chi connectivity index (χ0v) is 12.3. The molecule has 1 unspecified atom stereocenters. The lowest BCUT2D eigenvalue weighted by Gasteiger charge is -2.17.